The summed E-state index contributed by atoms with van der Waals surface area (Å²) in [6.07, 6.45) is -2.70. The van der Waals surface area contributed by atoms with Gasteiger partial charge in [-0.15, -0.1) is 0 Å². The average Bonchev–Trinajstić information content (AvgIpc) is 2.37. The first-order valence-corrected chi connectivity index (χ1v) is 6.07. The van der Waals surface area contributed by atoms with Gasteiger partial charge in [-0.05, 0) is 37.6 Å². The van der Waals surface area contributed by atoms with E-state index in [0.717, 1.165) is 24.3 Å². The van der Waals surface area contributed by atoms with Gasteiger partial charge in [-0.1, -0.05) is 12.1 Å². The minimum atomic E-state index is -4.53. The molecule has 7 heteroatoms. The number of anilines is 1. The van der Waals surface area contributed by atoms with Gasteiger partial charge in [-0.2, -0.15) is 13.2 Å². The summed E-state index contributed by atoms with van der Waals surface area (Å²) in [5, 5.41) is 11.1. The molecule has 0 saturated heterocycles. The Hall–Kier alpha value is -2.15. The Morgan fingerprint density at radius 3 is 2.62 bits per heavy atom. The van der Waals surface area contributed by atoms with Crippen molar-refractivity contribution >= 4 is 17.4 Å². The van der Waals surface area contributed by atoms with Gasteiger partial charge in [0, 0.05) is 5.69 Å². The van der Waals surface area contributed by atoms with Crippen molar-refractivity contribution in [3.05, 3.63) is 42.0 Å². The van der Waals surface area contributed by atoms with E-state index >= 15 is 0 Å². The Balaban J connectivity index is 2.71. The fraction of sp³-hybridized carbons (Fsp3) is 0.286. The van der Waals surface area contributed by atoms with Crippen LogP contribution in [-0.2, 0) is 15.8 Å². The Labute approximate surface area is 119 Å². The van der Waals surface area contributed by atoms with E-state index in [-0.39, 0.29) is 12.1 Å². The topological polar surface area (TPSA) is 66.4 Å². The summed E-state index contributed by atoms with van der Waals surface area (Å²) in [6, 6.07) is 3.98. The minimum Gasteiger partial charge on any atom is -0.393 e. The summed E-state index contributed by atoms with van der Waals surface area (Å²) < 4.78 is 37.5. The van der Waals surface area contributed by atoms with E-state index in [0.29, 0.717) is 0 Å². The van der Waals surface area contributed by atoms with Gasteiger partial charge in [0.1, 0.15) is 0 Å². The zero-order chi connectivity index (χ0) is 16.0. The van der Waals surface area contributed by atoms with Crippen LogP contribution in [0.5, 0.6) is 0 Å². The number of hydrogen-bond acceptors (Lipinski definition) is 3. The molecule has 0 fully saturated rings. The lowest BCUT2D eigenvalue weighted by Crippen LogP contribution is -2.21. The number of hydrogen-bond donors (Lipinski definition) is 2. The molecule has 0 radical (unpaired) electrons. The molecular weight excluding hydrogens is 287 g/mol. The van der Waals surface area contributed by atoms with Crippen LogP contribution >= 0.6 is 0 Å². The van der Waals surface area contributed by atoms with Crippen molar-refractivity contribution in [3.8, 4) is 0 Å². The Bertz CT molecular complexity index is 551. The van der Waals surface area contributed by atoms with E-state index in [1.165, 1.54) is 19.1 Å². The van der Waals surface area contributed by atoms with Crippen molar-refractivity contribution in [3.63, 3.8) is 0 Å². The maximum absolute atomic E-state index is 12.5. The number of benzene rings is 1. The van der Waals surface area contributed by atoms with Crippen LogP contribution < -0.4 is 5.32 Å². The second-order valence-corrected chi connectivity index (χ2v) is 4.38. The van der Waals surface area contributed by atoms with Gasteiger partial charge in [-0.25, -0.2) is 0 Å². The zero-order valence-electron chi connectivity index (χ0n) is 11.1. The number of aliphatic hydroxyl groups is 1. The highest BCUT2D eigenvalue weighted by Gasteiger charge is 2.30. The third-order valence-corrected chi connectivity index (χ3v) is 2.42. The van der Waals surface area contributed by atoms with E-state index in [4.69, 9.17) is 5.11 Å². The smallest absolute Gasteiger partial charge is 0.393 e. The third kappa shape index (κ3) is 5.78. The Morgan fingerprint density at radius 1 is 1.38 bits per heavy atom. The number of ketones is 1. The molecular formula is C14H14F3NO3. The van der Waals surface area contributed by atoms with Gasteiger partial charge in [0.15, 0.2) is 0 Å². The molecule has 1 aromatic carbocycles. The highest BCUT2D eigenvalue weighted by molar-refractivity contribution is 6.44. The number of alkyl halides is 3. The van der Waals surface area contributed by atoms with Gasteiger partial charge in [0.2, 0.25) is 5.78 Å². The molecule has 0 spiro atoms. The quantitative estimate of drug-likeness (QED) is 0.649. The van der Waals surface area contributed by atoms with E-state index in [1.807, 2.05) is 0 Å². The van der Waals surface area contributed by atoms with E-state index in [9.17, 15) is 22.8 Å². The van der Waals surface area contributed by atoms with Crippen LogP contribution in [0, 0.1) is 0 Å². The number of nitrogens with one attached hydrogen (secondary N) is 1. The molecule has 4 nitrogen and oxygen atoms in total. The predicted octanol–water partition coefficient (Wildman–Crippen LogP) is 2.54. The predicted molar refractivity (Wildman–Crippen MR) is 70.5 cm³/mol. The molecule has 0 saturated carbocycles. The summed E-state index contributed by atoms with van der Waals surface area (Å²) in [4.78, 5) is 22.9. The van der Waals surface area contributed by atoms with Crippen LogP contribution in [0.15, 0.2) is 36.4 Å². The molecule has 0 aliphatic rings. The normalized spacial score (nSPS) is 13.2. The van der Waals surface area contributed by atoms with Crippen molar-refractivity contribution in [1.82, 2.24) is 0 Å². The molecule has 0 heterocycles. The second kappa shape index (κ2) is 7.03. The molecule has 0 bridgehead atoms. The highest BCUT2D eigenvalue weighted by Crippen LogP contribution is 2.30. The number of aliphatic hydroxyl groups excluding tert-OH is 1. The van der Waals surface area contributed by atoms with Crippen molar-refractivity contribution in [2.24, 2.45) is 0 Å². The first-order valence-electron chi connectivity index (χ1n) is 6.07. The summed E-state index contributed by atoms with van der Waals surface area (Å²) in [5.41, 5.74) is -1.04. The van der Waals surface area contributed by atoms with Crippen molar-refractivity contribution in [2.45, 2.75) is 25.6 Å². The first kappa shape index (κ1) is 16.9. The largest absolute Gasteiger partial charge is 0.416 e. The van der Waals surface area contributed by atoms with Gasteiger partial charge in [-0.3, -0.25) is 9.59 Å². The minimum absolute atomic E-state index is 0.118. The molecule has 1 aromatic rings. The molecule has 0 aliphatic heterocycles. The molecule has 114 valence electrons. The average molecular weight is 301 g/mol. The second-order valence-electron chi connectivity index (χ2n) is 4.38. The molecule has 1 amide bonds. The molecule has 1 unspecified atom stereocenters. The summed E-state index contributed by atoms with van der Waals surface area (Å²) in [6.45, 7) is 1.51. The maximum atomic E-state index is 12.5. The summed E-state index contributed by atoms with van der Waals surface area (Å²) >= 11 is 0. The number of carbonyl (C=O) groups is 2. The maximum Gasteiger partial charge on any atom is 0.416 e. The third-order valence-electron chi connectivity index (χ3n) is 2.42. The molecule has 0 aromatic heterocycles. The van der Waals surface area contributed by atoms with Crippen molar-refractivity contribution in [1.29, 1.82) is 0 Å². The van der Waals surface area contributed by atoms with Crippen LogP contribution in [0.1, 0.15) is 18.9 Å². The highest BCUT2D eigenvalue weighted by atomic mass is 19.4. The van der Waals surface area contributed by atoms with E-state index < -0.39 is 29.5 Å². The SMILES string of the molecule is CC(O)C/C=C/C(=O)C(=O)Nc1cccc(C(F)(F)F)c1. The van der Waals surface area contributed by atoms with Gasteiger partial charge < -0.3 is 10.4 Å². The molecule has 1 rings (SSSR count). The molecule has 1 atom stereocenters. The Morgan fingerprint density at radius 2 is 2.05 bits per heavy atom. The van der Waals surface area contributed by atoms with Crippen molar-refractivity contribution < 1.29 is 27.9 Å². The summed E-state index contributed by atoms with van der Waals surface area (Å²) in [5.74, 6) is -1.95. The van der Waals surface area contributed by atoms with Crippen LogP contribution in [0.2, 0.25) is 0 Å². The monoisotopic (exact) mass is 301 g/mol. The summed E-state index contributed by atoms with van der Waals surface area (Å²) in [7, 11) is 0. The lowest BCUT2D eigenvalue weighted by molar-refractivity contribution is -0.137. The lowest BCUT2D eigenvalue weighted by atomic mass is 10.2. The zero-order valence-corrected chi connectivity index (χ0v) is 11.1. The fourth-order valence-electron chi connectivity index (χ4n) is 1.41. The molecule has 0 aliphatic carbocycles. The first-order chi connectivity index (χ1) is 9.70. The fourth-order valence-corrected chi connectivity index (χ4v) is 1.41. The van der Waals surface area contributed by atoms with Crippen LogP contribution in [0.4, 0.5) is 18.9 Å². The van der Waals surface area contributed by atoms with Gasteiger partial charge >= 0.3 is 6.18 Å². The standard InChI is InChI=1S/C14H14F3NO3/c1-9(19)4-2-7-12(20)13(21)18-11-6-3-5-10(8-11)14(15,16)17/h2-3,5-9,19H,4H2,1H3,(H,18,21)/b7-2+. The van der Waals surface area contributed by atoms with E-state index in [2.05, 4.69) is 5.32 Å². The van der Waals surface area contributed by atoms with Crippen LogP contribution in [0.25, 0.3) is 0 Å². The van der Waals surface area contributed by atoms with Gasteiger partial charge in [0.25, 0.3) is 5.91 Å². The Kier molecular flexibility index (Phi) is 5.66. The van der Waals surface area contributed by atoms with Crippen LogP contribution in [-0.4, -0.2) is 22.9 Å². The van der Waals surface area contributed by atoms with Gasteiger partial charge in [0.05, 0.1) is 11.7 Å². The molecule has 2 N–H and O–H groups in total. The lowest BCUT2D eigenvalue weighted by Gasteiger charge is -2.09. The number of halogens is 3. The number of rotatable bonds is 5. The van der Waals surface area contributed by atoms with Crippen molar-refractivity contribution in [2.75, 3.05) is 5.32 Å². The van der Waals surface area contributed by atoms with Crippen LogP contribution in [0.3, 0.4) is 0 Å². The number of amides is 1. The molecule has 21 heavy (non-hydrogen) atoms. The van der Waals surface area contributed by atoms with E-state index in [1.54, 1.807) is 0 Å². The number of carbonyl (C=O) groups excluding carboxylic acids is 2.